The first-order valence-corrected chi connectivity index (χ1v) is 7.17. The number of anilines is 1. The number of rotatable bonds is 4. The first-order valence-electron chi connectivity index (χ1n) is 7.17. The van der Waals surface area contributed by atoms with Crippen LogP contribution in [0.25, 0.3) is 0 Å². The molecule has 1 aromatic heterocycles. The highest BCUT2D eigenvalue weighted by atomic mass is 16.5. The minimum Gasteiger partial charge on any atom is -0.473 e. The summed E-state index contributed by atoms with van der Waals surface area (Å²) >= 11 is 0. The smallest absolute Gasteiger partial charge is 0.356 e. The Morgan fingerprint density at radius 3 is 2.85 bits per heavy atom. The molecule has 0 aliphatic heterocycles. The number of pyridine rings is 1. The molecule has 0 radical (unpaired) electrons. The van der Waals surface area contributed by atoms with Crippen LogP contribution in [-0.4, -0.2) is 24.2 Å². The third kappa shape index (κ3) is 3.21. The molecule has 5 heteroatoms. The molecule has 5 nitrogen and oxygen atoms in total. The lowest BCUT2D eigenvalue weighted by atomic mass is 9.85. The van der Waals surface area contributed by atoms with E-state index in [-0.39, 0.29) is 11.8 Å². The molecule has 0 bridgehead atoms. The molecule has 1 fully saturated rings. The van der Waals surface area contributed by atoms with Crippen molar-refractivity contribution in [2.75, 3.05) is 12.8 Å². The van der Waals surface area contributed by atoms with Crippen LogP contribution in [0.15, 0.2) is 12.1 Å². The quantitative estimate of drug-likeness (QED) is 0.857. The number of esters is 1. The number of carbonyl (C=O) groups is 1. The van der Waals surface area contributed by atoms with Crippen LogP contribution in [0.5, 0.6) is 5.88 Å². The van der Waals surface area contributed by atoms with Crippen LogP contribution in [0, 0.1) is 5.92 Å². The molecule has 0 saturated heterocycles. The summed E-state index contributed by atoms with van der Waals surface area (Å²) in [6.07, 6.45) is 5.83. The van der Waals surface area contributed by atoms with Crippen molar-refractivity contribution in [3.63, 3.8) is 0 Å². The van der Waals surface area contributed by atoms with Gasteiger partial charge in [-0.3, -0.25) is 0 Å². The zero-order valence-electron chi connectivity index (χ0n) is 12.1. The summed E-state index contributed by atoms with van der Waals surface area (Å²) in [6, 6.07) is 3.19. The van der Waals surface area contributed by atoms with Gasteiger partial charge in [0, 0.05) is 0 Å². The number of hydrogen-bond donors (Lipinski definition) is 1. The minimum absolute atomic E-state index is 0.136. The lowest BCUT2D eigenvalue weighted by molar-refractivity contribution is 0.0586. The molecular formula is C15H22N2O3. The molecule has 2 rings (SSSR count). The van der Waals surface area contributed by atoms with Gasteiger partial charge in [0.1, 0.15) is 6.10 Å². The zero-order chi connectivity index (χ0) is 14.5. The van der Waals surface area contributed by atoms with Crippen LogP contribution in [0.4, 0.5) is 5.69 Å². The van der Waals surface area contributed by atoms with Gasteiger partial charge < -0.3 is 15.2 Å². The van der Waals surface area contributed by atoms with Crippen LogP contribution in [0.3, 0.4) is 0 Å². The maximum Gasteiger partial charge on any atom is 0.356 e. The van der Waals surface area contributed by atoms with Gasteiger partial charge in [0.15, 0.2) is 5.69 Å². The Labute approximate surface area is 119 Å². The van der Waals surface area contributed by atoms with E-state index in [9.17, 15) is 4.79 Å². The van der Waals surface area contributed by atoms with Gasteiger partial charge in [-0.15, -0.1) is 0 Å². The Balaban J connectivity index is 2.17. The molecule has 110 valence electrons. The number of aromatic nitrogens is 1. The maximum atomic E-state index is 11.5. The molecule has 1 aliphatic carbocycles. The summed E-state index contributed by atoms with van der Waals surface area (Å²) in [5.74, 6) is 0.399. The van der Waals surface area contributed by atoms with Crippen LogP contribution in [-0.2, 0) is 4.74 Å². The monoisotopic (exact) mass is 278 g/mol. The van der Waals surface area contributed by atoms with Crippen molar-refractivity contribution in [1.29, 1.82) is 0 Å². The van der Waals surface area contributed by atoms with Crippen molar-refractivity contribution in [2.45, 2.75) is 45.1 Å². The molecule has 1 aliphatic rings. The lowest BCUT2D eigenvalue weighted by Gasteiger charge is -2.31. The van der Waals surface area contributed by atoms with Crippen LogP contribution in [0.2, 0.25) is 0 Å². The van der Waals surface area contributed by atoms with E-state index >= 15 is 0 Å². The fourth-order valence-corrected chi connectivity index (χ4v) is 2.70. The Hall–Kier alpha value is -1.78. The van der Waals surface area contributed by atoms with E-state index in [2.05, 4.69) is 16.6 Å². The topological polar surface area (TPSA) is 74.4 Å². The van der Waals surface area contributed by atoms with Crippen LogP contribution in [0.1, 0.15) is 49.5 Å². The highest BCUT2D eigenvalue weighted by Gasteiger charge is 2.26. The summed E-state index contributed by atoms with van der Waals surface area (Å²) in [6.45, 7) is 2.17. The van der Waals surface area contributed by atoms with Gasteiger partial charge in [0.05, 0.1) is 12.8 Å². The second-order valence-electron chi connectivity index (χ2n) is 5.19. The number of methoxy groups -OCH3 is 1. The van der Waals surface area contributed by atoms with Crippen molar-refractivity contribution < 1.29 is 14.3 Å². The van der Waals surface area contributed by atoms with Crippen LogP contribution >= 0.6 is 0 Å². The highest BCUT2D eigenvalue weighted by molar-refractivity contribution is 5.87. The maximum absolute atomic E-state index is 11.5. The molecule has 20 heavy (non-hydrogen) atoms. The van der Waals surface area contributed by atoms with Crippen molar-refractivity contribution in [3.8, 4) is 5.88 Å². The number of hydrogen-bond acceptors (Lipinski definition) is 5. The van der Waals surface area contributed by atoms with Crippen molar-refractivity contribution in [1.82, 2.24) is 4.98 Å². The molecule has 0 aromatic carbocycles. The van der Waals surface area contributed by atoms with Gasteiger partial charge in [-0.25, -0.2) is 9.78 Å². The second-order valence-corrected chi connectivity index (χ2v) is 5.19. The van der Waals surface area contributed by atoms with E-state index in [1.165, 1.54) is 20.0 Å². The third-order valence-electron chi connectivity index (χ3n) is 3.91. The molecular weight excluding hydrogens is 256 g/mol. The number of nitrogens with two attached hydrogens (primary N) is 1. The molecule has 1 saturated carbocycles. The lowest BCUT2D eigenvalue weighted by Crippen LogP contribution is -2.30. The largest absolute Gasteiger partial charge is 0.473 e. The number of carbonyl (C=O) groups excluding carboxylic acids is 1. The van der Waals surface area contributed by atoms with E-state index in [0.29, 0.717) is 17.5 Å². The van der Waals surface area contributed by atoms with E-state index in [0.717, 1.165) is 19.3 Å². The summed E-state index contributed by atoms with van der Waals surface area (Å²) < 4.78 is 10.6. The molecule has 2 unspecified atom stereocenters. The average Bonchev–Trinajstić information content (AvgIpc) is 2.49. The summed E-state index contributed by atoms with van der Waals surface area (Å²) in [5.41, 5.74) is 6.57. The van der Waals surface area contributed by atoms with E-state index < -0.39 is 5.97 Å². The number of nitrogen functional groups attached to an aromatic ring is 1. The van der Waals surface area contributed by atoms with Gasteiger partial charge in [-0.05, 0) is 43.7 Å². The first kappa shape index (κ1) is 14.6. The van der Waals surface area contributed by atoms with Crippen molar-refractivity contribution in [3.05, 3.63) is 17.8 Å². The van der Waals surface area contributed by atoms with E-state index in [1.807, 2.05) is 0 Å². The molecule has 2 atom stereocenters. The van der Waals surface area contributed by atoms with Gasteiger partial charge in [-0.2, -0.15) is 0 Å². The predicted molar refractivity (Wildman–Crippen MR) is 76.7 cm³/mol. The average molecular weight is 278 g/mol. The SMILES string of the molecule is CCC1CCCCC1Oc1nc(C(=O)OC)ccc1N. The summed E-state index contributed by atoms with van der Waals surface area (Å²) in [4.78, 5) is 15.7. The summed E-state index contributed by atoms with van der Waals surface area (Å²) in [7, 11) is 1.33. The second kappa shape index (κ2) is 6.59. The van der Waals surface area contributed by atoms with Gasteiger partial charge >= 0.3 is 5.97 Å². The Morgan fingerprint density at radius 1 is 1.40 bits per heavy atom. The molecule has 2 N–H and O–H groups in total. The van der Waals surface area contributed by atoms with Gasteiger partial charge in [0.2, 0.25) is 5.88 Å². The predicted octanol–water partition coefficient (Wildman–Crippen LogP) is 2.80. The van der Waals surface area contributed by atoms with Gasteiger partial charge in [0.25, 0.3) is 0 Å². The fourth-order valence-electron chi connectivity index (χ4n) is 2.70. The first-order chi connectivity index (χ1) is 9.65. The van der Waals surface area contributed by atoms with Crippen molar-refractivity contribution in [2.24, 2.45) is 5.92 Å². The molecule has 0 spiro atoms. The molecule has 1 aromatic rings. The standard InChI is InChI=1S/C15H22N2O3/c1-3-10-6-4-5-7-13(10)20-14-11(16)8-9-12(17-14)15(18)19-2/h8-10,13H,3-7,16H2,1-2H3. The molecule has 0 amide bonds. The normalized spacial score (nSPS) is 22.3. The number of ether oxygens (including phenoxy) is 2. The van der Waals surface area contributed by atoms with E-state index in [4.69, 9.17) is 10.5 Å². The highest BCUT2D eigenvalue weighted by Crippen LogP contribution is 2.31. The Kier molecular flexibility index (Phi) is 4.82. The van der Waals surface area contributed by atoms with Gasteiger partial charge in [-0.1, -0.05) is 13.3 Å². The zero-order valence-corrected chi connectivity index (χ0v) is 12.1. The van der Waals surface area contributed by atoms with Crippen LogP contribution < -0.4 is 10.5 Å². The third-order valence-corrected chi connectivity index (χ3v) is 3.91. The molecule has 1 heterocycles. The fraction of sp³-hybridized carbons (Fsp3) is 0.600. The van der Waals surface area contributed by atoms with Crippen molar-refractivity contribution >= 4 is 11.7 Å². The Morgan fingerprint density at radius 2 is 2.15 bits per heavy atom. The number of nitrogens with zero attached hydrogens (tertiary/aromatic N) is 1. The van der Waals surface area contributed by atoms with E-state index in [1.54, 1.807) is 12.1 Å². The minimum atomic E-state index is -0.481. The summed E-state index contributed by atoms with van der Waals surface area (Å²) in [5, 5.41) is 0. The Bertz CT molecular complexity index is 476.